The zero-order valence-electron chi connectivity index (χ0n) is 12.7. The van der Waals surface area contributed by atoms with Crippen molar-refractivity contribution in [2.75, 3.05) is 14.2 Å². The molecule has 4 aliphatic rings. The van der Waals surface area contributed by atoms with Crippen molar-refractivity contribution in [1.82, 2.24) is 0 Å². The molecule has 0 aromatic rings. The Hall–Kier alpha value is -1.32. The maximum Gasteiger partial charge on any atom is 0.313 e. The van der Waals surface area contributed by atoms with E-state index in [-0.39, 0.29) is 23.8 Å². The second-order valence-corrected chi connectivity index (χ2v) is 7.04. The monoisotopic (exact) mass is 290 g/mol. The van der Waals surface area contributed by atoms with Crippen molar-refractivity contribution in [1.29, 1.82) is 0 Å². The minimum Gasteiger partial charge on any atom is -0.469 e. The molecule has 4 nitrogen and oxygen atoms in total. The van der Waals surface area contributed by atoms with Crippen molar-refractivity contribution in [3.05, 3.63) is 11.1 Å². The first-order valence-corrected chi connectivity index (χ1v) is 8.02. The molecule has 0 unspecified atom stereocenters. The zero-order chi connectivity index (χ0) is 14.8. The molecule has 4 atom stereocenters. The molecule has 0 heterocycles. The molecule has 0 saturated heterocycles. The van der Waals surface area contributed by atoms with E-state index >= 15 is 0 Å². The molecule has 114 valence electrons. The molecule has 4 aliphatic carbocycles. The van der Waals surface area contributed by atoms with Crippen molar-refractivity contribution in [2.24, 2.45) is 22.7 Å². The van der Waals surface area contributed by atoms with Gasteiger partial charge in [-0.1, -0.05) is 11.1 Å². The fourth-order valence-corrected chi connectivity index (χ4v) is 5.97. The first-order valence-electron chi connectivity index (χ1n) is 8.02. The van der Waals surface area contributed by atoms with Gasteiger partial charge in [0.25, 0.3) is 0 Å². The highest BCUT2D eigenvalue weighted by molar-refractivity contribution is 5.97. The number of allylic oxidation sites excluding steroid dienone is 2. The lowest BCUT2D eigenvalue weighted by molar-refractivity contribution is -0.162. The lowest BCUT2D eigenvalue weighted by Gasteiger charge is -2.38. The maximum atomic E-state index is 12.6. The number of fused-ring (bicyclic) bond motifs is 5. The number of carbonyl (C=O) groups is 2. The van der Waals surface area contributed by atoms with Gasteiger partial charge in [-0.3, -0.25) is 9.59 Å². The summed E-state index contributed by atoms with van der Waals surface area (Å²) in [5, 5.41) is 0. The number of hydrogen-bond donors (Lipinski definition) is 0. The summed E-state index contributed by atoms with van der Waals surface area (Å²) in [7, 11) is 2.89. The molecule has 3 fully saturated rings. The maximum absolute atomic E-state index is 12.6. The molecule has 0 aromatic carbocycles. The van der Waals surface area contributed by atoms with Gasteiger partial charge in [0.15, 0.2) is 0 Å². The van der Waals surface area contributed by atoms with E-state index in [1.54, 1.807) is 0 Å². The van der Waals surface area contributed by atoms with Gasteiger partial charge < -0.3 is 9.47 Å². The van der Waals surface area contributed by atoms with Crippen LogP contribution in [0.15, 0.2) is 11.1 Å². The van der Waals surface area contributed by atoms with Gasteiger partial charge in [0.2, 0.25) is 0 Å². The van der Waals surface area contributed by atoms with Crippen LogP contribution in [0.4, 0.5) is 0 Å². The number of methoxy groups -OCH3 is 2. The van der Waals surface area contributed by atoms with E-state index in [1.807, 2.05) is 0 Å². The van der Waals surface area contributed by atoms with Gasteiger partial charge in [-0.25, -0.2) is 0 Å². The van der Waals surface area contributed by atoms with E-state index in [4.69, 9.17) is 9.47 Å². The summed E-state index contributed by atoms with van der Waals surface area (Å²) in [4.78, 5) is 25.3. The number of rotatable bonds is 2. The lowest BCUT2D eigenvalue weighted by Crippen LogP contribution is -2.43. The Kier molecular flexibility index (Phi) is 2.61. The summed E-state index contributed by atoms with van der Waals surface area (Å²) in [5.41, 5.74) is 1.72. The third-order valence-corrected chi connectivity index (χ3v) is 6.65. The third kappa shape index (κ3) is 1.28. The van der Waals surface area contributed by atoms with Crippen molar-refractivity contribution in [3.63, 3.8) is 0 Å². The van der Waals surface area contributed by atoms with Crippen LogP contribution >= 0.6 is 0 Å². The van der Waals surface area contributed by atoms with E-state index in [0.29, 0.717) is 6.42 Å². The highest BCUT2D eigenvalue weighted by atomic mass is 16.5. The number of ether oxygens (including phenoxy) is 2. The molecule has 0 spiro atoms. The van der Waals surface area contributed by atoms with E-state index < -0.39 is 10.8 Å². The van der Waals surface area contributed by atoms with Crippen LogP contribution in [0.1, 0.15) is 44.9 Å². The molecule has 0 amide bonds. The molecule has 3 saturated carbocycles. The van der Waals surface area contributed by atoms with Crippen molar-refractivity contribution >= 4 is 11.9 Å². The van der Waals surface area contributed by atoms with Gasteiger partial charge in [-0.05, 0) is 56.8 Å². The Morgan fingerprint density at radius 2 is 1.33 bits per heavy atom. The summed E-state index contributed by atoms with van der Waals surface area (Å²) in [6.45, 7) is 0. The highest BCUT2D eigenvalue weighted by Gasteiger charge is 2.85. The molecule has 0 aromatic heterocycles. The van der Waals surface area contributed by atoms with E-state index in [2.05, 4.69) is 0 Å². The number of hydrogen-bond acceptors (Lipinski definition) is 4. The second-order valence-electron chi connectivity index (χ2n) is 7.04. The molecule has 4 heteroatoms. The third-order valence-electron chi connectivity index (χ3n) is 6.65. The molecular formula is C17H22O4. The fraction of sp³-hybridized carbons (Fsp3) is 0.765. The minimum absolute atomic E-state index is 0.191. The second kappa shape index (κ2) is 4.11. The first kappa shape index (κ1) is 13.4. The first-order chi connectivity index (χ1) is 10.1. The van der Waals surface area contributed by atoms with Crippen molar-refractivity contribution in [2.45, 2.75) is 44.9 Å². The number of carbonyl (C=O) groups excluding carboxylic acids is 2. The predicted molar refractivity (Wildman–Crippen MR) is 75.2 cm³/mol. The Labute approximate surface area is 124 Å². The highest BCUT2D eigenvalue weighted by Crippen LogP contribution is 2.80. The summed E-state index contributed by atoms with van der Waals surface area (Å²) in [6, 6.07) is 0. The standard InChI is InChI=1S/C17H22O4/c1-20-14(18)16-9-17(16,15(19)21-2)13-8-4-6-11(13)10-5-3-7-12(10)16/h12-13H,3-9H2,1-2H3/t12-,13+,16-,17+. The van der Waals surface area contributed by atoms with E-state index in [9.17, 15) is 9.59 Å². The van der Waals surface area contributed by atoms with Crippen LogP contribution in [0.25, 0.3) is 0 Å². The Balaban J connectivity index is 1.91. The quantitative estimate of drug-likeness (QED) is 0.579. The van der Waals surface area contributed by atoms with Gasteiger partial charge in [-0.2, -0.15) is 0 Å². The summed E-state index contributed by atoms with van der Waals surface area (Å²) < 4.78 is 10.3. The van der Waals surface area contributed by atoms with Crippen LogP contribution in [-0.2, 0) is 19.1 Å². The average Bonchev–Trinajstić information content (AvgIpc) is 2.89. The van der Waals surface area contributed by atoms with Crippen LogP contribution in [0, 0.1) is 22.7 Å². The Morgan fingerprint density at radius 3 is 1.71 bits per heavy atom. The molecule has 0 aliphatic heterocycles. The van der Waals surface area contributed by atoms with E-state index in [1.165, 1.54) is 25.4 Å². The van der Waals surface area contributed by atoms with Crippen LogP contribution in [0.3, 0.4) is 0 Å². The molecule has 0 bridgehead atoms. The van der Waals surface area contributed by atoms with Gasteiger partial charge in [0.1, 0.15) is 0 Å². The van der Waals surface area contributed by atoms with Crippen molar-refractivity contribution in [3.8, 4) is 0 Å². The lowest BCUT2D eigenvalue weighted by atomic mass is 9.65. The molecule has 0 N–H and O–H groups in total. The van der Waals surface area contributed by atoms with Crippen LogP contribution in [0.5, 0.6) is 0 Å². The fourth-order valence-electron chi connectivity index (χ4n) is 5.97. The molecule has 4 rings (SSSR count). The molecular weight excluding hydrogens is 268 g/mol. The SMILES string of the molecule is COC(=O)[C@]12C[C@@]1(C(=O)OC)[C@H]1CCCC1=C1CCC[C@H]12. The Morgan fingerprint density at radius 1 is 0.905 bits per heavy atom. The normalized spacial score (nSPS) is 43.0. The summed E-state index contributed by atoms with van der Waals surface area (Å²) in [6.07, 6.45) is 7.12. The zero-order valence-corrected chi connectivity index (χ0v) is 12.7. The minimum atomic E-state index is -0.626. The van der Waals surface area contributed by atoms with Gasteiger partial charge in [0, 0.05) is 0 Å². The molecule has 0 radical (unpaired) electrons. The van der Waals surface area contributed by atoms with Gasteiger partial charge >= 0.3 is 11.9 Å². The van der Waals surface area contributed by atoms with Crippen LogP contribution < -0.4 is 0 Å². The Bertz CT molecular complexity index is 515. The topological polar surface area (TPSA) is 52.6 Å². The molecule has 21 heavy (non-hydrogen) atoms. The predicted octanol–water partition coefficient (Wildman–Crippen LogP) is 2.62. The summed E-state index contributed by atoms with van der Waals surface area (Å²) >= 11 is 0. The van der Waals surface area contributed by atoms with E-state index in [0.717, 1.165) is 38.5 Å². The number of esters is 2. The van der Waals surface area contributed by atoms with Crippen molar-refractivity contribution < 1.29 is 19.1 Å². The van der Waals surface area contributed by atoms with Crippen LogP contribution in [0.2, 0.25) is 0 Å². The smallest absolute Gasteiger partial charge is 0.313 e. The van der Waals surface area contributed by atoms with Crippen LogP contribution in [-0.4, -0.2) is 26.2 Å². The van der Waals surface area contributed by atoms with Gasteiger partial charge in [0.05, 0.1) is 25.0 Å². The largest absolute Gasteiger partial charge is 0.469 e. The van der Waals surface area contributed by atoms with Gasteiger partial charge in [-0.15, -0.1) is 0 Å². The average molecular weight is 290 g/mol. The summed E-state index contributed by atoms with van der Waals surface area (Å²) in [5.74, 6) is 0.0494.